The van der Waals surface area contributed by atoms with Crippen LogP contribution in [0.5, 0.6) is 0 Å². The van der Waals surface area contributed by atoms with Gasteiger partial charge in [0.1, 0.15) is 11.3 Å². The lowest BCUT2D eigenvalue weighted by atomic mass is 9.65. The first-order valence-corrected chi connectivity index (χ1v) is 12.8. The molecule has 8 nitrogen and oxygen atoms in total. The lowest BCUT2D eigenvalue weighted by molar-refractivity contribution is -0.385. The molecule has 0 amide bonds. The average Bonchev–Trinajstić information content (AvgIpc) is 2.75. The van der Waals surface area contributed by atoms with Gasteiger partial charge in [-0.1, -0.05) is 45.0 Å². The number of benzene rings is 2. The molecule has 2 unspecified atom stereocenters. The van der Waals surface area contributed by atoms with Gasteiger partial charge in [-0.3, -0.25) is 14.9 Å². The Kier molecular flexibility index (Phi) is 5.51. The Hall–Kier alpha value is -3.33. The number of non-ortho nitro benzene ring substituents is 1. The molecule has 0 aromatic heterocycles. The van der Waals surface area contributed by atoms with E-state index in [0.29, 0.717) is 12.0 Å². The van der Waals surface area contributed by atoms with Crippen LogP contribution in [0.3, 0.4) is 0 Å². The molecule has 0 saturated carbocycles. The van der Waals surface area contributed by atoms with E-state index in [0.717, 1.165) is 12.0 Å². The van der Waals surface area contributed by atoms with Crippen molar-refractivity contribution in [1.29, 1.82) is 0 Å². The van der Waals surface area contributed by atoms with E-state index in [1.165, 1.54) is 24.5 Å². The Bertz CT molecular complexity index is 1420. The van der Waals surface area contributed by atoms with Crippen LogP contribution in [-0.2, 0) is 19.9 Å². The molecule has 0 saturated heterocycles. The summed E-state index contributed by atoms with van der Waals surface area (Å²) in [7, 11) is -3.15. The fourth-order valence-corrected chi connectivity index (χ4v) is 5.76. The molecule has 0 fully saturated rings. The van der Waals surface area contributed by atoms with Crippen molar-refractivity contribution in [1.82, 2.24) is 0 Å². The Morgan fingerprint density at radius 1 is 1.18 bits per heavy atom. The minimum Gasteiger partial charge on any atom is -0.506 e. The van der Waals surface area contributed by atoms with Crippen molar-refractivity contribution in [2.75, 3.05) is 6.26 Å². The molecule has 1 N–H and O–H groups in total. The van der Waals surface area contributed by atoms with Crippen LogP contribution >= 0.6 is 0 Å². The predicted molar refractivity (Wildman–Crippen MR) is 132 cm³/mol. The Morgan fingerprint density at radius 3 is 2.50 bits per heavy atom. The number of aliphatic imine (C=N–C) groups is 1. The van der Waals surface area contributed by atoms with Gasteiger partial charge < -0.3 is 5.11 Å². The van der Waals surface area contributed by atoms with Gasteiger partial charge >= 0.3 is 0 Å². The SMILES string of the molecule is CC(C)(C)CCC1(C)C(=O)C(C2=Nc3ccc([N+](=O)[O-])cc3S(C)(=O)=N2)=C(O)c2ccccc21. The zero-order chi connectivity index (χ0) is 25.1. The van der Waals surface area contributed by atoms with Gasteiger partial charge in [-0.05, 0) is 36.8 Å². The molecule has 2 aliphatic rings. The van der Waals surface area contributed by atoms with Crippen molar-refractivity contribution in [3.63, 3.8) is 0 Å². The number of hydrogen-bond acceptors (Lipinski definition) is 7. The van der Waals surface area contributed by atoms with Crippen LogP contribution in [0.1, 0.15) is 51.7 Å². The van der Waals surface area contributed by atoms with E-state index < -0.39 is 20.1 Å². The highest BCUT2D eigenvalue weighted by molar-refractivity contribution is 7.93. The van der Waals surface area contributed by atoms with Crippen LogP contribution in [0.2, 0.25) is 0 Å². The van der Waals surface area contributed by atoms with Crippen molar-refractivity contribution < 1.29 is 19.0 Å². The Labute approximate surface area is 198 Å². The second-order valence-corrected chi connectivity index (χ2v) is 12.5. The van der Waals surface area contributed by atoms with Crippen molar-refractivity contribution in [2.24, 2.45) is 14.8 Å². The topological polar surface area (TPSA) is 122 Å². The van der Waals surface area contributed by atoms with Crippen LogP contribution < -0.4 is 0 Å². The maximum atomic E-state index is 14.0. The number of aliphatic hydroxyl groups excluding tert-OH is 1. The van der Waals surface area contributed by atoms with Crippen LogP contribution in [0.25, 0.3) is 5.76 Å². The smallest absolute Gasteiger partial charge is 0.270 e. The molecule has 0 spiro atoms. The van der Waals surface area contributed by atoms with Gasteiger partial charge in [0.15, 0.2) is 11.6 Å². The predicted octanol–water partition coefficient (Wildman–Crippen LogP) is 5.73. The van der Waals surface area contributed by atoms with E-state index in [-0.39, 0.29) is 44.6 Å². The first-order valence-electron chi connectivity index (χ1n) is 10.9. The molecule has 0 bridgehead atoms. The van der Waals surface area contributed by atoms with Gasteiger partial charge in [0.2, 0.25) is 0 Å². The molecule has 1 aliphatic carbocycles. The van der Waals surface area contributed by atoms with Crippen molar-refractivity contribution >= 4 is 38.5 Å². The molecular weight excluding hydrogens is 454 g/mol. The average molecular weight is 482 g/mol. The number of rotatable bonds is 4. The molecule has 2 aromatic rings. The summed E-state index contributed by atoms with van der Waals surface area (Å²) in [4.78, 5) is 29.1. The van der Waals surface area contributed by atoms with Gasteiger partial charge in [-0.2, -0.15) is 4.36 Å². The van der Waals surface area contributed by atoms with Gasteiger partial charge in [0, 0.05) is 24.0 Å². The number of fused-ring (bicyclic) bond motifs is 2. The molecule has 1 aliphatic heterocycles. The van der Waals surface area contributed by atoms with E-state index in [1.807, 2.05) is 19.1 Å². The number of nitro groups is 1. The third-order valence-electron chi connectivity index (χ3n) is 6.39. The number of carbonyl (C=O) groups is 1. The highest BCUT2D eigenvalue weighted by Gasteiger charge is 2.46. The molecule has 2 atom stereocenters. The van der Waals surface area contributed by atoms with E-state index in [2.05, 4.69) is 30.1 Å². The number of hydrogen-bond donors (Lipinski definition) is 1. The maximum absolute atomic E-state index is 14.0. The number of carbonyl (C=O) groups excluding carboxylic acids is 1. The molecule has 4 rings (SSSR count). The number of nitro benzene ring substituents is 1. The first-order chi connectivity index (χ1) is 15.7. The summed E-state index contributed by atoms with van der Waals surface area (Å²) in [6.45, 7) is 8.17. The molecule has 0 radical (unpaired) electrons. The standard InChI is InChI=1S/C25H27N3O5S/c1-24(2,3)12-13-25(4)17-9-7-6-8-16(17)21(29)20(22(25)30)23-26-18-11-10-15(28(31)32)14-19(18)34(5,33)27-23/h6-11,14,29H,12-13H2,1-5H3. The monoisotopic (exact) mass is 481 g/mol. The minimum absolute atomic E-state index is 0.0142. The van der Waals surface area contributed by atoms with E-state index in [9.17, 15) is 24.2 Å². The summed E-state index contributed by atoms with van der Waals surface area (Å²) in [5, 5.41) is 22.4. The number of aliphatic hydroxyl groups is 1. The fourth-order valence-electron chi connectivity index (χ4n) is 4.35. The van der Waals surface area contributed by atoms with Gasteiger partial charge in [0.05, 0.1) is 30.7 Å². The number of Topliss-reactive ketones (excluding diaryl/α,β-unsaturated/α-hetero) is 1. The van der Waals surface area contributed by atoms with E-state index in [1.54, 1.807) is 12.1 Å². The van der Waals surface area contributed by atoms with E-state index >= 15 is 0 Å². The second kappa shape index (κ2) is 7.87. The van der Waals surface area contributed by atoms with Crippen LogP contribution in [-0.4, -0.2) is 32.1 Å². The van der Waals surface area contributed by atoms with Crippen LogP contribution in [0, 0.1) is 15.5 Å². The quantitative estimate of drug-likeness (QED) is 0.441. The normalized spacial score (nSPS) is 24.1. The van der Waals surface area contributed by atoms with E-state index in [4.69, 9.17) is 0 Å². The zero-order valence-electron chi connectivity index (χ0n) is 19.8. The summed E-state index contributed by atoms with van der Waals surface area (Å²) >= 11 is 0. The Balaban J connectivity index is 1.92. The lowest BCUT2D eigenvalue weighted by Gasteiger charge is -2.37. The fraction of sp³-hybridized carbons (Fsp3) is 0.360. The summed E-state index contributed by atoms with van der Waals surface area (Å²) in [6.07, 6.45) is 2.65. The van der Waals surface area contributed by atoms with Gasteiger partial charge in [0.25, 0.3) is 5.69 Å². The van der Waals surface area contributed by atoms with Crippen molar-refractivity contribution in [3.8, 4) is 0 Å². The summed E-state index contributed by atoms with van der Waals surface area (Å²) < 4.78 is 17.7. The molecular formula is C25H27N3O5S. The van der Waals surface area contributed by atoms with Gasteiger partial charge in [-0.25, -0.2) is 9.20 Å². The summed E-state index contributed by atoms with van der Waals surface area (Å²) in [5.41, 5.74) is 0.230. The third-order valence-corrected chi connectivity index (χ3v) is 8.05. The van der Waals surface area contributed by atoms with Crippen molar-refractivity contribution in [3.05, 3.63) is 69.3 Å². The summed E-state index contributed by atoms with van der Waals surface area (Å²) in [5.74, 6) is -0.708. The van der Waals surface area contributed by atoms with Crippen LogP contribution in [0.4, 0.5) is 11.4 Å². The molecule has 9 heteroatoms. The molecule has 34 heavy (non-hydrogen) atoms. The largest absolute Gasteiger partial charge is 0.506 e. The first kappa shape index (κ1) is 23.8. The highest BCUT2D eigenvalue weighted by Crippen LogP contribution is 2.45. The maximum Gasteiger partial charge on any atom is 0.270 e. The lowest BCUT2D eigenvalue weighted by Crippen LogP contribution is -2.41. The molecule has 1 heterocycles. The second-order valence-electron chi connectivity index (χ2n) is 10.2. The minimum atomic E-state index is -3.15. The zero-order valence-corrected chi connectivity index (χ0v) is 20.6. The third kappa shape index (κ3) is 3.94. The summed E-state index contributed by atoms with van der Waals surface area (Å²) in [6, 6.07) is 11.1. The number of amidine groups is 1. The Morgan fingerprint density at radius 2 is 1.85 bits per heavy atom. The molecule has 178 valence electrons. The van der Waals surface area contributed by atoms with Crippen molar-refractivity contribution in [2.45, 2.75) is 50.8 Å². The number of nitrogens with zero attached hydrogens (tertiary/aromatic N) is 3. The molecule has 2 aromatic carbocycles. The number of ketones is 1. The highest BCUT2D eigenvalue weighted by atomic mass is 32.2. The van der Waals surface area contributed by atoms with Crippen LogP contribution in [0.15, 0.2) is 62.3 Å². The van der Waals surface area contributed by atoms with Gasteiger partial charge in [-0.15, -0.1) is 0 Å².